The highest BCUT2D eigenvalue weighted by molar-refractivity contribution is 5.75. The Morgan fingerprint density at radius 1 is 0.780 bits per heavy atom. The summed E-state index contributed by atoms with van der Waals surface area (Å²) in [6.07, 6.45) is 5.56. The highest BCUT2D eigenvalue weighted by Crippen LogP contribution is 2.26. The van der Waals surface area contributed by atoms with E-state index in [0.29, 0.717) is 25.4 Å². The molecule has 5 nitrogen and oxygen atoms in total. The Morgan fingerprint density at radius 2 is 1.51 bits per heavy atom. The van der Waals surface area contributed by atoms with Crippen molar-refractivity contribution in [3.05, 3.63) is 108 Å². The Hall–Kier alpha value is -3.99. The minimum Gasteiger partial charge on any atom is -0.494 e. The van der Waals surface area contributed by atoms with Gasteiger partial charge in [-0.1, -0.05) is 62.2 Å². The van der Waals surface area contributed by atoms with Crippen LogP contribution in [0.5, 0.6) is 11.5 Å². The Labute approximate surface area is 245 Å². The topological polar surface area (TPSA) is 49.7 Å². The largest absolute Gasteiger partial charge is 0.494 e. The maximum Gasteiger partial charge on any atom is 0.347 e. The quantitative estimate of drug-likeness (QED) is 0.104. The van der Waals surface area contributed by atoms with Gasteiger partial charge in [0, 0.05) is 24.4 Å². The number of aryl methyl sites for hydroxylation is 2. The first-order chi connectivity index (χ1) is 20.1. The monoisotopic (exact) mass is 553 g/mol. The van der Waals surface area contributed by atoms with E-state index in [9.17, 15) is 4.79 Å². The molecule has 0 amide bonds. The third-order valence-corrected chi connectivity index (χ3v) is 7.23. The van der Waals surface area contributed by atoms with E-state index in [1.165, 1.54) is 30.5 Å². The molecule has 3 aromatic carbocycles. The van der Waals surface area contributed by atoms with Crippen molar-refractivity contribution < 1.29 is 19.0 Å². The molecule has 0 fully saturated rings. The predicted octanol–water partition coefficient (Wildman–Crippen LogP) is 8.22. The van der Waals surface area contributed by atoms with E-state index in [0.717, 1.165) is 42.0 Å². The molecule has 0 bridgehead atoms. The van der Waals surface area contributed by atoms with Gasteiger partial charge in [0.2, 0.25) is 0 Å². The molecular weight excluding hydrogens is 510 g/mol. The van der Waals surface area contributed by atoms with Crippen molar-refractivity contribution >= 4 is 5.97 Å². The lowest BCUT2D eigenvalue weighted by atomic mass is 10.1. The van der Waals surface area contributed by atoms with Crippen molar-refractivity contribution in [2.24, 2.45) is 0 Å². The molecule has 1 heterocycles. The van der Waals surface area contributed by atoms with Gasteiger partial charge in [-0.15, -0.1) is 0 Å². The zero-order valence-electron chi connectivity index (χ0n) is 24.7. The summed E-state index contributed by atoms with van der Waals surface area (Å²) in [4.78, 5) is 12.6. The van der Waals surface area contributed by atoms with Gasteiger partial charge in [0.1, 0.15) is 11.5 Å². The van der Waals surface area contributed by atoms with Crippen LogP contribution in [0.2, 0.25) is 0 Å². The fourth-order valence-electron chi connectivity index (χ4n) is 4.97. The van der Waals surface area contributed by atoms with Crippen molar-refractivity contribution in [3.63, 3.8) is 0 Å². The first-order valence-electron chi connectivity index (χ1n) is 14.9. The van der Waals surface area contributed by atoms with Crippen LogP contribution in [0, 0.1) is 6.92 Å². The molecule has 0 aliphatic carbocycles. The zero-order chi connectivity index (χ0) is 28.9. The highest BCUT2D eigenvalue weighted by Gasteiger charge is 2.22. The molecule has 5 heteroatoms. The van der Waals surface area contributed by atoms with Crippen LogP contribution in [-0.4, -0.2) is 29.9 Å². The average Bonchev–Trinajstić information content (AvgIpc) is 3.36. The third-order valence-electron chi connectivity index (χ3n) is 7.23. The molecular formula is C36H43NO4. The van der Waals surface area contributed by atoms with Gasteiger partial charge in [0.25, 0.3) is 0 Å². The Kier molecular flexibility index (Phi) is 11.5. The molecule has 0 saturated heterocycles. The molecule has 216 valence electrons. The molecule has 0 N–H and O–H groups in total. The average molecular weight is 554 g/mol. The van der Waals surface area contributed by atoms with Crippen LogP contribution >= 0.6 is 0 Å². The molecule has 4 rings (SSSR count). The van der Waals surface area contributed by atoms with Crippen LogP contribution in [0.3, 0.4) is 0 Å². The Bertz CT molecular complexity index is 1330. The van der Waals surface area contributed by atoms with E-state index in [2.05, 4.69) is 54.8 Å². The fraction of sp³-hybridized carbons (Fsp3) is 0.361. The number of esters is 1. The van der Waals surface area contributed by atoms with Gasteiger partial charge in [-0.05, 0) is 98.3 Å². The summed E-state index contributed by atoms with van der Waals surface area (Å²) in [6, 6.07) is 30.6. The smallest absolute Gasteiger partial charge is 0.347 e. The molecule has 4 aromatic rings. The molecule has 1 aromatic heterocycles. The van der Waals surface area contributed by atoms with Crippen LogP contribution in [-0.2, 0) is 28.9 Å². The molecule has 0 radical (unpaired) electrons. The van der Waals surface area contributed by atoms with Crippen molar-refractivity contribution in [1.82, 2.24) is 4.57 Å². The second-order valence-corrected chi connectivity index (χ2v) is 10.4. The summed E-state index contributed by atoms with van der Waals surface area (Å²) in [5.74, 6) is 1.22. The Balaban J connectivity index is 1.33. The van der Waals surface area contributed by atoms with Crippen LogP contribution in [0.25, 0.3) is 11.3 Å². The standard InChI is InChI=1S/C36H43NO4/c1-4-6-8-12-29-16-20-32(21-17-29)40-26-11-25-37-28(3)15-24-34(37)31-18-22-33(23-19-31)41-35(36(38)39-5-2)27-30-13-9-7-10-14-30/h7,9-10,13-24,35H,4-6,8,11-12,25-27H2,1-3H3/t35-/m1/s1. The van der Waals surface area contributed by atoms with Gasteiger partial charge in [0.15, 0.2) is 6.10 Å². The second kappa shape index (κ2) is 15.7. The van der Waals surface area contributed by atoms with E-state index in [4.69, 9.17) is 14.2 Å². The summed E-state index contributed by atoms with van der Waals surface area (Å²) in [7, 11) is 0. The van der Waals surface area contributed by atoms with Gasteiger partial charge in [-0.3, -0.25) is 0 Å². The number of unbranched alkanes of at least 4 members (excludes halogenated alkanes) is 2. The first kappa shape index (κ1) is 30.0. The minimum atomic E-state index is -0.702. The van der Waals surface area contributed by atoms with Gasteiger partial charge >= 0.3 is 5.97 Å². The minimum absolute atomic E-state index is 0.319. The fourth-order valence-corrected chi connectivity index (χ4v) is 4.97. The number of hydrogen-bond acceptors (Lipinski definition) is 4. The lowest BCUT2D eigenvalue weighted by molar-refractivity contribution is -0.151. The van der Waals surface area contributed by atoms with Crippen LogP contribution < -0.4 is 9.47 Å². The normalized spacial score (nSPS) is 11.7. The maximum atomic E-state index is 12.6. The van der Waals surface area contributed by atoms with Crippen molar-refractivity contribution in [2.75, 3.05) is 13.2 Å². The molecule has 0 aliphatic heterocycles. The number of benzene rings is 3. The van der Waals surface area contributed by atoms with Gasteiger partial charge in [-0.2, -0.15) is 0 Å². The molecule has 1 atom stereocenters. The number of hydrogen-bond donors (Lipinski definition) is 0. The number of carbonyl (C=O) groups excluding carboxylic acids is 1. The number of nitrogens with zero attached hydrogens (tertiary/aromatic N) is 1. The number of rotatable bonds is 16. The van der Waals surface area contributed by atoms with Gasteiger partial charge in [-0.25, -0.2) is 4.79 Å². The maximum absolute atomic E-state index is 12.6. The van der Waals surface area contributed by atoms with E-state index >= 15 is 0 Å². The number of ether oxygens (including phenoxy) is 3. The van der Waals surface area contributed by atoms with Gasteiger partial charge in [0.05, 0.1) is 13.2 Å². The van der Waals surface area contributed by atoms with E-state index in [-0.39, 0.29) is 5.97 Å². The van der Waals surface area contributed by atoms with Crippen molar-refractivity contribution in [3.8, 4) is 22.8 Å². The SMILES string of the molecule is CCCCCc1ccc(OCCCn2c(C)ccc2-c2ccc(O[C@H](Cc3ccccc3)C(=O)OCC)cc2)cc1. The van der Waals surface area contributed by atoms with Crippen LogP contribution in [0.15, 0.2) is 91.0 Å². The molecule has 0 unspecified atom stereocenters. The lowest BCUT2D eigenvalue weighted by Gasteiger charge is -2.18. The second-order valence-electron chi connectivity index (χ2n) is 10.4. The Morgan fingerprint density at radius 3 is 2.22 bits per heavy atom. The molecule has 0 spiro atoms. The summed E-state index contributed by atoms with van der Waals surface area (Å²) in [5, 5.41) is 0. The van der Waals surface area contributed by atoms with Gasteiger partial charge < -0.3 is 18.8 Å². The summed E-state index contributed by atoms with van der Waals surface area (Å²) >= 11 is 0. The zero-order valence-corrected chi connectivity index (χ0v) is 24.7. The molecule has 0 aliphatic rings. The molecule has 0 saturated carbocycles. The van der Waals surface area contributed by atoms with E-state index in [1.54, 1.807) is 0 Å². The number of carbonyl (C=O) groups is 1. The number of aromatic nitrogens is 1. The first-order valence-corrected chi connectivity index (χ1v) is 14.9. The predicted molar refractivity (Wildman–Crippen MR) is 166 cm³/mol. The summed E-state index contributed by atoms with van der Waals surface area (Å²) in [5.41, 5.74) is 5.86. The van der Waals surface area contributed by atoms with Crippen LogP contribution in [0.4, 0.5) is 0 Å². The summed E-state index contributed by atoms with van der Waals surface area (Å²) in [6.45, 7) is 8.02. The highest BCUT2D eigenvalue weighted by atomic mass is 16.6. The summed E-state index contributed by atoms with van der Waals surface area (Å²) < 4.78 is 19.8. The van der Waals surface area contributed by atoms with Crippen molar-refractivity contribution in [2.45, 2.75) is 71.9 Å². The molecule has 41 heavy (non-hydrogen) atoms. The third kappa shape index (κ3) is 9.01. The van der Waals surface area contributed by atoms with Crippen LogP contribution in [0.1, 0.15) is 56.4 Å². The van der Waals surface area contributed by atoms with E-state index in [1.807, 2.05) is 61.5 Å². The lowest BCUT2D eigenvalue weighted by Crippen LogP contribution is -2.31. The van der Waals surface area contributed by atoms with E-state index < -0.39 is 6.10 Å². The van der Waals surface area contributed by atoms with Crippen molar-refractivity contribution in [1.29, 1.82) is 0 Å².